The van der Waals surface area contributed by atoms with Gasteiger partial charge in [-0.05, 0) is 106 Å². The number of Topliss-reactive ketones (excluding diaryl/α,β-unsaturated/α-hetero) is 3. The zero-order valence-corrected chi connectivity index (χ0v) is 25.2. The zero-order valence-electron chi connectivity index (χ0n) is 25.2. The quantitative estimate of drug-likeness (QED) is 0.259. The monoisotopic (exact) mass is 524 g/mol. The molecule has 5 nitrogen and oxygen atoms in total. The van der Waals surface area contributed by atoms with Crippen molar-refractivity contribution in [3.63, 3.8) is 0 Å². The van der Waals surface area contributed by atoms with Crippen LogP contribution in [0.25, 0.3) is 0 Å². The van der Waals surface area contributed by atoms with E-state index in [0.29, 0.717) is 43.4 Å². The lowest BCUT2D eigenvalue weighted by atomic mass is 9.38. The Morgan fingerprint density at radius 1 is 0.974 bits per heavy atom. The smallest absolute Gasteiger partial charge is 0.184 e. The Hall–Kier alpha value is -2.27. The van der Waals surface area contributed by atoms with Crippen molar-refractivity contribution in [3.8, 4) is 0 Å². The van der Waals surface area contributed by atoms with Crippen LogP contribution in [0, 0.1) is 22.2 Å². The summed E-state index contributed by atoms with van der Waals surface area (Å²) >= 11 is 0. The lowest BCUT2D eigenvalue weighted by Gasteiger charge is -2.59. The van der Waals surface area contributed by atoms with Crippen molar-refractivity contribution in [2.45, 2.75) is 119 Å². The van der Waals surface area contributed by atoms with Crippen LogP contribution in [0.1, 0.15) is 108 Å². The van der Waals surface area contributed by atoms with E-state index >= 15 is 0 Å². The highest BCUT2D eigenvalue weighted by molar-refractivity contribution is 6.33. The second-order valence-electron chi connectivity index (χ2n) is 13.5. The first-order valence-electron chi connectivity index (χ1n) is 14.1. The average molecular weight is 525 g/mol. The fraction of sp³-hybridized carbons (Fsp3) is 0.667. The second kappa shape index (κ2) is 10.4. The number of rotatable bonds is 9. The van der Waals surface area contributed by atoms with Gasteiger partial charge >= 0.3 is 0 Å². The predicted molar refractivity (Wildman–Crippen MR) is 151 cm³/mol. The van der Waals surface area contributed by atoms with E-state index in [1.54, 1.807) is 13.8 Å². The summed E-state index contributed by atoms with van der Waals surface area (Å²) in [6, 6.07) is 0. The first-order valence-corrected chi connectivity index (χ1v) is 14.1. The minimum absolute atomic E-state index is 0.0855. The highest BCUT2D eigenvalue weighted by atomic mass is 16.5. The van der Waals surface area contributed by atoms with Crippen LogP contribution in [0.2, 0.25) is 0 Å². The summed E-state index contributed by atoms with van der Waals surface area (Å²) in [7, 11) is 0. The normalized spacial score (nSPS) is 32.4. The molecule has 3 rings (SSSR count). The fourth-order valence-corrected chi connectivity index (χ4v) is 7.17. The summed E-state index contributed by atoms with van der Waals surface area (Å²) in [5.41, 5.74) is -1.11. The molecule has 0 aromatic heterocycles. The molecule has 5 atom stereocenters. The van der Waals surface area contributed by atoms with Gasteiger partial charge in [-0.3, -0.25) is 14.4 Å². The molecule has 0 unspecified atom stereocenters. The predicted octanol–water partition coefficient (Wildman–Crippen LogP) is 7.00. The number of ketones is 3. The number of fused-ring (bicyclic) bond motifs is 1. The standard InChI is InChI=1S/C33H48O5/c1-20(2)12-11-17-31(10)24(15-13-21(3)4)18-32-19-26(30(8,9)37)38-28(32)25(16-14-22(5)6)27(35)33(31,23(7)34)29(32)36/h12-14,24,26,37H,11,15-19H2,1-10H3/t24-,26+,31-,32+,33+/m1/s1. The maximum atomic E-state index is 14.9. The molecule has 0 aromatic carbocycles. The SMILES string of the molecule is CC(=O)[C@@]12C(=O)C(CC=C(C)C)=C3O[C@H](C(C)(C)O)C[C@]3(C[C@@H](CC=C(C)C)[C@@]1(C)CCC=C(C)C)C2=O. The fourth-order valence-electron chi connectivity index (χ4n) is 7.17. The van der Waals surface area contributed by atoms with Crippen molar-refractivity contribution >= 4 is 17.3 Å². The minimum Gasteiger partial charge on any atom is -0.490 e. The Kier molecular flexibility index (Phi) is 8.26. The average Bonchev–Trinajstić information content (AvgIpc) is 3.16. The summed E-state index contributed by atoms with van der Waals surface area (Å²) in [6.07, 6.45) is 8.64. The van der Waals surface area contributed by atoms with Crippen LogP contribution in [0.3, 0.4) is 0 Å². The molecule has 1 spiro atoms. The third kappa shape index (κ3) is 4.69. The topological polar surface area (TPSA) is 80.7 Å². The maximum Gasteiger partial charge on any atom is 0.184 e. The van der Waals surface area contributed by atoms with Crippen molar-refractivity contribution in [1.82, 2.24) is 0 Å². The van der Waals surface area contributed by atoms with Gasteiger partial charge < -0.3 is 9.84 Å². The van der Waals surface area contributed by atoms with Crippen molar-refractivity contribution in [2.75, 3.05) is 0 Å². The van der Waals surface area contributed by atoms with Gasteiger partial charge in [-0.15, -0.1) is 0 Å². The second-order valence-corrected chi connectivity index (χ2v) is 13.5. The van der Waals surface area contributed by atoms with Gasteiger partial charge in [0.1, 0.15) is 11.9 Å². The zero-order chi connectivity index (χ0) is 28.8. The summed E-state index contributed by atoms with van der Waals surface area (Å²) < 4.78 is 6.39. The molecule has 2 bridgehead atoms. The third-order valence-electron chi connectivity index (χ3n) is 9.30. The van der Waals surface area contributed by atoms with Gasteiger partial charge in [-0.25, -0.2) is 0 Å². The summed E-state index contributed by atoms with van der Waals surface area (Å²) in [5, 5.41) is 11.0. The van der Waals surface area contributed by atoms with Crippen molar-refractivity contribution in [3.05, 3.63) is 46.3 Å². The van der Waals surface area contributed by atoms with Gasteiger partial charge in [-0.1, -0.05) is 41.9 Å². The molecule has 2 fully saturated rings. The molecule has 1 aliphatic heterocycles. The van der Waals surface area contributed by atoms with E-state index in [9.17, 15) is 19.5 Å². The van der Waals surface area contributed by atoms with E-state index in [1.807, 2.05) is 54.5 Å². The van der Waals surface area contributed by atoms with Crippen LogP contribution in [0.5, 0.6) is 0 Å². The Morgan fingerprint density at radius 2 is 1.55 bits per heavy atom. The van der Waals surface area contributed by atoms with Gasteiger partial charge in [-0.2, -0.15) is 0 Å². The molecule has 0 aromatic rings. The Morgan fingerprint density at radius 3 is 2.05 bits per heavy atom. The number of aliphatic hydroxyl groups is 1. The lowest BCUT2D eigenvalue weighted by Crippen LogP contribution is -2.69. The molecular weight excluding hydrogens is 476 g/mol. The molecule has 3 aliphatic rings. The first kappa shape index (κ1) is 30.3. The van der Waals surface area contributed by atoms with Crippen LogP contribution in [-0.2, 0) is 19.1 Å². The van der Waals surface area contributed by atoms with Crippen LogP contribution < -0.4 is 0 Å². The van der Waals surface area contributed by atoms with E-state index < -0.39 is 33.7 Å². The van der Waals surface area contributed by atoms with Crippen molar-refractivity contribution < 1.29 is 24.2 Å². The maximum absolute atomic E-state index is 14.9. The van der Waals surface area contributed by atoms with E-state index in [0.717, 1.165) is 11.1 Å². The van der Waals surface area contributed by atoms with E-state index in [1.165, 1.54) is 12.5 Å². The van der Waals surface area contributed by atoms with Crippen LogP contribution >= 0.6 is 0 Å². The molecule has 1 saturated carbocycles. The molecule has 2 aliphatic carbocycles. The Labute approximate surface area is 229 Å². The lowest BCUT2D eigenvalue weighted by molar-refractivity contribution is -0.176. The molecule has 0 amide bonds. The van der Waals surface area contributed by atoms with Gasteiger partial charge in [0, 0.05) is 12.0 Å². The molecule has 5 heteroatoms. The molecular formula is C33H48O5. The number of ether oxygens (including phenoxy) is 1. The number of carbonyl (C=O) groups excluding carboxylic acids is 3. The number of hydrogen-bond donors (Lipinski definition) is 1. The number of carbonyl (C=O) groups is 3. The molecule has 0 radical (unpaired) electrons. The van der Waals surface area contributed by atoms with Gasteiger partial charge in [0.25, 0.3) is 0 Å². The van der Waals surface area contributed by atoms with E-state index in [2.05, 4.69) is 12.2 Å². The van der Waals surface area contributed by atoms with Gasteiger partial charge in [0.2, 0.25) is 0 Å². The van der Waals surface area contributed by atoms with Crippen molar-refractivity contribution in [1.29, 1.82) is 0 Å². The molecule has 1 N–H and O–H groups in total. The summed E-state index contributed by atoms with van der Waals surface area (Å²) in [5.74, 6) is -0.747. The summed E-state index contributed by atoms with van der Waals surface area (Å²) in [4.78, 5) is 43.5. The van der Waals surface area contributed by atoms with Crippen LogP contribution in [0.4, 0.5) is 0 Å². The van der Waals surface area contributed by atoms with Gasteiger partial charge in [0.05, 0.1) is 11.0 Å². The Balaban J connectivity index is 2.38. The molecule has 210 valence electrons. The molecule has 1 heterocycles. The van der Waals surface area contributed by atoms with E-state index in [-0.39, 0.29) is 23.9 Å². The summed E-state index contributed by atoms with van der Waals surface area (Å²) in [6.45, 7) is 18.9. The number of allylic oxidation sites excluding steroid dienone is 8. The van der Waals surface area contributed by atoms with Crippen LogP contribution in [-0.4, -0.2) is 34.2 Å². The van der Waals surface area contributed by atoms with Crippen LogP contribution in [0.15, 0.2) is 46.3 Å². The largest absolute Gasteiger partial charge is 0.490 e. The molecule has 1 saturated heterocycles. The van der Waals surface area contributed by atoms with Crippen molar-refractivity contribution in [2.24, 2.45) is 22.2 Å². The highest BCUT2D eigenvalue weighted by Crippen LogP contribution is 2.69. The number of hydrogen-bond acceptors (Lipinski definition) is 5. The van der Waals surface area contributed by atoms with E-state index in [4.69, 9.17) is 4.74 Å². The highest BCUT2D eigenvalue weighted by Gasteiger charge is 2.77. The minimum atomic E-state index is -1.77. The molecule has 38 heavy (non-hydrogen) atoms. The third-order valence-corrected chi connectivity index (χ3v) is 9.30. The van der Waals surface area contributed by atoms with Gasteiger partial charge in [0.15, 0.2) is 22.8 Å². The Bertz CT molecular complexity index is 1130. The first-order chi connectivity index (χ1) is 17.4.